The molecule has 6 heteroatoms. The van der Waals surface area contributed by atoms with Crippen LogP contribution in [0.2, 0.25) is 0 Å². The predicted molar refractivity (Wildman–Crippen MR) is 103 cm³/mol. The molecule has 1 N–H and O–H groups in total. The van der Waals surface area contributed by atoms with Gasteiger partial charge in [0.25, 0.3) is 5.91 Å². The molecule has 0 spiro atoms. The number of nitrogens with zero attached hydrogens (tertiary/aromatic N) is 1. The fourth-order valence-electron chi connectivity index (χ4n) is 2.61. The first-order valence-corrected chi connectivity index (χ1v) is 8.93. The van der Waals surface area contributed by atoms with Gasteiger partial charge in [-0.3, -0.25) is 4.79 Å². The van der Waals surface area contributed by atoms with Crippen molar-refractivity contribution in [2.24, 2.45) is 0 Å². The highest BCUT2D eigenvalue weighted by Gasteiger charge is 2.31. The number of hydrogen-bond acceptors (Lipinski definition) is 5. The average Bonchev–Trinajstić information content (AvgIpc) is 3.54. The largest absolute Gasteiger partial charge is 0.497 e. The van der Waals surface area contributed by atoms with Crippen molar-refractivity contribution < 1.29 is 19.1 Å². The van der Waals surface area contributed by atoms with Crippen molar-refractivity contribution in [1.29, 1.82) is 5.26 Å². The van der Waals surface area contributed by atoms with Gasteiger partial charge in [0.05, 0.1) is 7.11 Å². The maximum Gasteiger partial charge on any atom is 0.350 e. The highest BCUT2D eigenvalue weighted by molar-refractivity contribution is 5.99. The molecule has 1 saturated carbocycles. The molecule has 0 aromatic heterocycles. The van der Waals surface area contributed by atoms with Crippen molar-refractivity contribution in [3.8, 4) is 11.8 Å². The van der Waals surface area contributed by atoms with Crippen molar-refractivity contribution in [1.82, 2.24) is 5.32 Å². The summed E-state index contributed by atoms with van der Waals surface area (Å²) in [5, 5.41) is 12.3. The minimum absolute atomic E-state index is 0.125. The third-order valence-corrected chi connectivity index (χ3v) is 4.23. The van der Waals surface area contributed by atoms with Crippen LogP contribution in [0.25, 0.3) is 6.08 Å². The molecule has 1 fully saturated rings. The van der Waals surface area contributed by atoms with Crippen LogP contribution in [0.4, 0.5) is 0 Å². The van der Waals surface area contributed by atoms with Gasteiger partial charge in [-0.15, -0.1) is 0 Å². The summed E-state index contributed by atoms with van der Waals surface area (Å²) in [6.07, 6.45) is 2.13. The second kappa shape index (κ2) is 8.87. The molecule has 2 aromatic carbocycles. The van der Waals surface area contributed by atoms with Crippen LogP contribution in [0.1, 0.15) is 30.1 Å². The Morgan fingerprint density at radius 2 is 1.93 bits per heavy atom. The van der Waals surface area contributed by atoms with E-state index < -0.39 is 12.1 Å². The van der Waals surface area contributed by atoms with Gasteiger partial charge in [-0.2, -0.15) is 5.26 Å². The maximum atomic E-state index is 12.6. The van der Waals surface area contributed by atoms with E-state index in [1.165, 1.54) is 13.2 Å². The lowest BCUT2D eigenvalue weighted by molar-refractivity contribution is -0.152. The van der Waals surface area contributed by atoms with E-state index >= 15 is 0 Å². The summed E-state index contributed by atoms with van der Waals surface area (Å²) in [5.41, 5.74) is 0.965. The molecule has 6 nitrogen and oxygen atoms in total. The van der Waals surface area contributed by atoms with Crippen LogP contribution in [-0.2, 0) is 14.3 Å². The molecule has 28 heavy (non-hydrogen) atoms. The lowest BCUT2D eigenvalue weighted by Gasteiger charge is -2.17. The van der Waals surface area contributed by atoms with E-state index in [-0.39, 0.29) is 17.5 Å². The Kier molecular flexibility index (Phi) is 6.07. The molecule has 0 radical (unpaired) electrons. The molecular formula is C22H20N2O4. The molecule has 2 aromatic rings. The van der Waals surface area contributed by atoms with Crippen molar-refractivity contribution in [2.45, 2.75) is 25.0 Å². The minimum atomic E-state index is -1.11. The third kappa shape index (κ3) is 4.98. The fraction of sp³-hybridized carbons (Fsp3) is 0.227. The molecule has 0 bridgehead atoms. The average molecular weight is 376 g/mol. The Bertz CT molecular complexity index is 927. The van der Waals surface area contributed by atoms with E-state index in [1.807, 2.05) is 12.1 Å². The zero-order valence-electron chi connectivity index (χ0n) is 15.4. The number of amides is 1. The van der Waals surface area contributed by atoms with Gasteiger partial charge in [-0.05, 0) is 36.6 Å². The molecule has 0 aliphatic heterocycles. The molecule has 0 unspecified atom stereocenters. The normalized spacial score (nSPS) is 14.5. The molecule has 0 heterocycles. The Labute approximate surface area is 163 Å². The van der Waals surface area contributed by atoms with E-state index in [9.17, 15) is 14.9 Å². The summed E-state index contributed by atoms with van der Waals surface area (Å²) in [4.78, 5) is 25.2. The van der Waals surface area contributed by atoms with Gasteiger partial charge in [-0.25, -0.2) is 4.79 Å². The van der Waals surface area contributed by atoms with Crippen LogP contribution in [0.3, 0.4) is 0 Å². The van der Waals surface area contributed by atoms with Crippen molar-refractivity contribution in [3.63, 3.8) is 0 Å². The zero-order valence-corrected chi connectivity index (χ0v) is 15.4. The van der Waals surface area contributed by atoms with E-state index in [4.69, 9.17) is 9.47 Å². The van der Waals surface area contributed by atoms with Crippen LogP contribution < -0.4 is 10.1 Å². The summed E-state index contributed by atoms with van der Waals surface area (Å²) in [5.74, 6) is -0.642. The van der Waals surface area contributed by atoms with Crippen molar-refractivity contribution >= 4 is 18.0 Å². The SMILES string of the molecule is COc1cccc(/C=C(\C#N)C(=O)O[C@@H](C(=O)NC2CC2)c2ccccc2)c1. The van der Waals surface area contributed by atoms with Crippen molar-refractivity contribution in [2.75, 3.05) is 7.11 Å². The number of nitriles is 1. The Balaban J connectivity index is 1.81. The smallest absolute Gasteiger partial charge is 0.350 e. The standard InChI is InChI=1S/C22H20N2O4/c1-27-19-9-5-6-15(13-19)12-17(14-23)22(26)28-20(16-7-3-2-4-8-16)21(25)24-18-10-11-18/h2-9,12-13,18,20H,10-11H2,1H3,(H,24,25)/b17-12+/t20-/m1/s1. The summed E-state index contributed by atoms with van der Waals surface area (Å²) in [6, 6.07) is 17.7. The number of ether oxygens (including phenoxy) is 2. The molecular weight excluding hydrogens is 356 g/mol. The molecule has 0 saturated heterocycles. The van der Waals surface area contributed by atoms with E-state index in [2.05, 4.69) is 5.32 Å². The molecule has 1 aliphatic rings. The summed E-state index contributed by atoms with van der Waals surface area (Å²) < 4.78 is 10.6. The quantitative estimate of drug-likeness (QED) is 0.455. The Hall–Kier alpha value is -3.59. The lowest BCUT2D eigenvalue weighted by atomic mass is 10.1. The second-order valence-corrected chi connectivity index (χ2v) is 6.43. The summed E-state index contributed by atoms with van der Waals surface area (Å²) in [7, 11) is 1.53. The number of benzene rings is 2. The third-order valence-electron chi connectivity index (χ3n) is 4.23. The molecule has 1 amide bonds. The zero-order chi connectivity index (χ0) is 19.9. The highest BCUT2D eigenvalue weighted by Crippen LogP contribution is 2.24. The number of esters is 1. The van der Waals surface area contributed by atoms with Crippen LogP contribution in [0, 0.1) is 11.3 Å². The predicted octanol–water partition coefficient (Wildman–Crippen LogP) is 3.17. The first kappa shape index (κ1) is 19.2. The Morgan fingerprint density at radius 1 is 1.18 bits per heavy atom. The molecule has 1 aliphatic carbocycles. The number of nitrogens with one attached hydrogen (secondary N) is 1. The topological polar surface area (TPSA) is 88.4 Å². The lowest BCUT2D eigenvalue weighted by Crippen LogP contribution is -2.33. The van der Waals surface area contributed by atoms with Crippen LogP contribution in [0.5, 0.6) is 5.75 Å². The van der Waals surface area contributed by atoms with Gasteiger partial charge >= 0.3 is 5.97 Å². The number of carbonyl (C=O) groups is 2. The second-order valence-electron chi connectivity index (χ2n) is 6.43. The molecule has 1 atom stereocenters. The van der Waals surface area contributed by atoms with Crippen molar-refractivity contribution in [3.05, 3.63) is 71.3 Å². The van der Waals surface area contributed by atoms with E-state index in [0.29, 0.717) is 16.9 Å². The Morgan fingerprint density at radius 3 is 2.57 bits per heavy atom. The summed E-state index contributed by atoms with van der Waals surface area (Å²) >= 11 is 0. The van der Waals surface area contributed by atoms with Crippen LogP contribution in [0.15, 0.2) is 60.2 Å². The van der Waals surface area contributed by atoms with Gasteiger partial charge in [0.15, 0.2) is 0 Å². The van der Waals surface area contributed by atoms with Gasteiger partial charge in [-0.1, -0.05) is 42.5 Å². The first-order chi connectivity index (χ1) is 13.6. The molecule has 142 valence electrons. The van der Waals surface area contributed by atoms with Gasteiger partial charge < -0.3 is 14.8 Å². The molecule has 3 rings (SSSR count). The minimum Gasteiger partial charge on any atom is -0.497 e. The van der Waals surface area contributed by atoms with Gasteiger partial charge in [0.2, 0.25) is 6.10 Å². The monoisotopic (exact) mass is 376 g/mol. The summed E-state index contributed by atoms with van der Waals surface area (Å²) in [6.45, 7) is 0. The number of rotatable bonds is 7. The number of methoxy groups -OCH3 is 1. The van der Waals surface area contributed by atoms with E-state index in [1.54, 1.807) is 48.5 Å². The van der Waals surface area contributed by atoms with E-state index in [0.717, 1.165) is 12.8 Å². The van der Waals surface area contributed by atoms with Gasteiger partial charge in [0.1, 0.15) is 17.4 Å². The van der Waals surface area contributed by atoms with Crippen LogP contribution in [-0.4, -0.2) is 25.0 Å². The number of hydrogen-bond donors (Lipinski definition) is 1. The van der Waals surface area contributed by atoms with Gasteiger partial charge in [0, 0.05) is 11.6 Å². The highest BCUT2D eigenvalue weighted by atomic mass is 16.5. The van der Waals surface area contributed by atoms with Crippen LogP contribution >= 0.6 is 0 Å². The fourth-order valence-corrected chi connectivity index (χ4v) is 2.61. The maximum absolute atomic E-state index is 12.6. The number of carbonyl (C=O) groups excluding carboxylic acids is 2. The first-order valence-electron chi connectivity index (χ1n) is 8.93.